The minimum atomic E-state index is -3.39. The van der Waals surface area contributed by atoms with Crippen LogP contribution in [0.2, 0.25) is 0 Å². The van der Waals surface area contributed by atoms with Gasteiger partial charge in [-0.3, -0.25) is 13.9 Å². The lowest BCUT2D eigenvalue weighted by atomic mass is 9.99. The fourth-order valence-electron chi connectivity index (χ4n) is 3.85. The standard InChI is InChI=1S/C21H24N4O4S/c1-4-16-17(12-22)21(27)24(23-18(16)5-2)13-20(26)15-8-9-19-14(11-15)7-6-10-25(19)30(3,28)29/h8-9,11H,4-7,10,13H2,1-3H3. The van der Waals surface area contributed by atoms with E-state index < -0.39 is 15.6 Å². The van der Waals surface area contributed by atoms with Crippen molar-refractivity contribution in [2.24, 2.45) is 0 Å². The third kappa shape index (κ3) is 4.00. The Morgan fingerprint density at radius 3 is 2.60 bits per heavy atom. The predicted molar refractivity (Wildman–Crippen MR) is 113 cm³/mol. The smallest absolute Gasteiger partial charge is 0.285 e. The predicted octanol–water partition coefficient (Wildman–Crippen LogP) is 1.83. The molecule has 8 nitrogen and oxygen atoms in total. The van der Waals surface area contributed by atoms with Crippen molar-refractivity contribution in [1.82, 2.24) is 9.78 Å². The Morgan fingerprint density at radius 1 is 1.27 bits per heavy atom. The normalized spacial score (nSPS) is 13.6. The van der Waals surface area contributed by atoms with Gasteiger partial charge in [0.1, 0.15) is 18.2 Å². The molecule has 0 saturated heterocycles. The van der Waals surface area contributed by atoms with Gasteiger partial charge in [-0.05, 0) is 55.0 Å². The molecule has 2 heterocycles. The number of benzene rings is 1. The topological polar surface area (TPSA) is 113 Å². The van der Waals surface area contributed by atoms with Crippen LogP contribution in [0.5, 0.6) is 0 Å². The van der Waals surface area contributed by atoms with Gasteiger partial charge in [-0.2, -0.15) is 10.4 Å². The molecule has 1 aliphatic heterocycles. The molecule has 0 spiro atoms. The van der Waals surface area contributed by atoms with Gasteiger partial charge in [0.15, 0.2) is 5.78 Å². The van der Waals surface area contributed by atoms with Crippen LogP contribution < -0.4 is 9.86 Å². The number of ketones is 1. The van der Waals surface area contributed by atoms with Gasteiger partial charge in [0.05, 0.1) is 17.6 Å². The second kappa shape index (κ2) is 8.40. The van der Waals surface area contributed by atoms with Crippen molar-refractivity contribution in [1.29, 1.82) is 5.26 Å². The van der Waals surface area contributed by atoms with E-state index in [2.05, 4.69) is 5.10 Å². The Balaban J connectivity index is 1.96. The Morgan fingerprint density at radius 2 is 2.00 bits per heavy atom. The van der Waals surface area contributed by atoms with Gasteiger partial charge in [-0.1, -0.05) is 13.8 Å². The molecule has 0 unspecified atom stereocenters. The van der Waals surface area contributed by atoms with Gasteiger partial charge in [-0.25, -0.2) is 13.1 Å². The molecule has 0 amide bonds. The van der Waals surface area contributed by atoms with Crippen LogP contribution in [-0.2, 0) is 35.8 Å². The number of nitriles is 1. The van der Waals surface area contributed by atoms with Crippen molar-refractivity contribution in [2.45, 2.75) is 46.1 Å². The molecule has 1 aromatic heterocycles. The molecule has 0 radical (unpaired) electrons. The molecule has 0 bridgehead atoms. The number of hydrogen-bond acceptors (Lipinski definition) is 6. The first-order valence-electron chi connectivity index (χ1n) is 9.88. The van der Waals surface area contributed by atoms with Crippen LogP contribution >= 0.6 is 0 Å². The summed E-state index contributed by atoms with van der Waals surface area (Å²) in [7, 11) is -3.39. The van der Waals surface area contributed by atoms with Crippen LogP contribution in [0.3, 0.4) is 0 Å². The first-order valence-corrected chi connectivity index (χ1v) is 11.7. The average Bonchev–Trinajstić information content (AvgIpc) is 2.72. The number of aromatic nitrogens is 2. The van der Waals surface area contributed by atoms with Gasteiger partial charge >= 0.3 is 0 Å². The SMILES string of the molecule is CCc1nn(CC(=O)c2ccc3c(c2)CCCN3S(C)(=O)=O)c(=O)c(C#N)c1CC. The van der Waals surface area contributed by atoms with E-state index in [1.807, 2.05) is 19.9 Å². The highest BCUT2D eigenvalue weighted by atomic mass is 32.2. The van der Waals surface area contributed by atoms with Gasteiger partial charge in [0.2, 0.25) is 10.0 Å². The van der Waals surface area contributed by atoms with Crippen molar-refractivity contribution in [3.8, 4) is 6.07 Å². The van der Waals surface area contributed by atoms with Crippen molar-refractivity contribution in [3.05, 3.63) is 56.5 Å². The van der Waals surface area contributed by atoms with Gasteiger partial charge in [0.25, 0.3) is 5.56 Å². The van der Waals surface area contributed by atoms with Crippen molar-refractivity contribution >= 4 is 21.5 Å². The van der Waals surface area contributed by atoms with E-state index >= 15 is 0 Å². The third-order valence-corrected chi connectivity index (χ3v) is 6.49. The summed E-state index contributed by atoms with van der Waals surface area (Å²) in [5, 5.41) is 13.7. The van der Waals surface area contributed by atoms with Gasteiger partial charge < -0.3 is 0 Å². The number of anilines is 1. The third-order valence-electron chi connectivity index (χ3n) is 5.31. The maximum atomic E-state index is 12.9. The van der Waals surface area contributed by atoms with Crippen LogP contribution in [0.1, 0.15) is 53.0 Å². The Kier molecular flexibility index (Phi) is 6.08. The largest absolute Gasteiger partial charge is 0.292 e. The zero-order chi connectivity index (χ0) is 22.1. The number of hydrogen-bond donors (Lipinski definition) is 0. The molecule has 0 saturated carbocycles. The Labute approximate surface area is 175 Å². The molecule has 9 heteroatoms. The van der Waals surface area contributed by atoms with Crippen molar-refractivity contribution in [2.75, 3.05) is 17.1 Å². The average molecular weight is 429 g/mol. The molecule has 1 aliphatic rings. The van der Waals surface area contributed by atoms with Crippen LogP contribution in [-0.4, -0.2) is 36.8 Å². The van der Waals surface area contributed by atoms with E-state index in [9.17, 15) is 23.3 Å². The number of sulfonamides is 1. The molecule has 158 valence electrons. The number of nitrogens with zero attached hydrogens (tertiary/aromatic N) is 4. The Bertz CT molecular complexity index is 1210. The summed E-state index contributed by atoms with van der Waals surface area (Å²) in [4.78, 5) is 25.5. The van der Waals surface area contributed by atoms with E-state index in [0.29, 0.717) is 54.7 Å². The molecule has 0 aliphatic carbocycles. The lowest BCUT2D eigenvalue weighted by molar-refractivity contribution is 0.0965. The maximum absolute atomic E-state index is 12.9. The van der Waals surface area contributed by atoms with E-state index in [1.54, 1.807) is 18.2 Å². The zero-order valence-electron chi connectivity index (χ0n) is 17.3. The lowest BCUT2D eigenvalue weighted by Gasteiger charge is -2.29. The minimum absolute atomic E-state index is 0.0337. The van der Waals surface area contributed by atoms with E-state index in [4.69, 9.17) is 0 Å². The zero-order valence-corrected chi connectivity index (χ0v) is 18.1. The van der Waals surface area contributed by atoms with E-state index in [0.717, 1.165) is 16.5 Å². The van der Waals surface area contributed by atoms with E-state index in [1.165, 1.54) is 4.31 Å². The first kappa shape index (κ1) is 21.7. The molecule has 0 atom stereocenters. The first-order chi connectivity index (χ1) is 14.2. The van der Waals surface area contributed by atoms with Crippen LogP contribution in [0.15, 0.2) is 23.0 Å². The number of carbonyl (C=O) groups excluding carboxylic acids is 1. The van der Waals surface area contributed by atoms with Crippen LogP contribution in [0, 0.1) is 11.3 Å². The van der Waals surface area contributed by atoms with Gasteiger partial charge in [0, 0.05) is 12.1 Å². The maximum Gasteiger partial charge on any atom is 0.285 e. The summed E-state index contributed by atoms with van der Waals surface area (Å²) in [5.74, 6) is -0.320. The van der Waals surface area contributed by atoms with Crippen LogP contribution in [0.25, 0.3) is 0 Å². The lowest BCUT2D eigenvalue weighted by Crippen LogP contribution is -2.34. The molecule has 30 heavy (non-hydrogen) atoms. The molecule has 2 aromatic rings. The van der Waals surface area contributed by atoms with E-state index in [-0.39, 0.29) is 17.9 Å². The quantitative estimate of drug-likeness (QED) is 0.649. The van der Waals surface area contributed by atoms with Crippen LogP contribution in [0.4, 0.5) is 5.69 Å². The summed E-state index contributed by atoms with van der Waals surface area (Å²) >= 11 is 0. The summed E-state index contributed by atoms with van der Waals surface area (Å²) in [6.45, 7) is 3.88. The highest BCUT2D eigenvalue weighted by molar-refractivity contribution is 7.92. The molecular formula is C21H24N4O4S. The summed E-state index contributed by atoms with van der Waals surface area (Å²) < 4.78 is 26.4. The van der Waals surface area contributed by atoms with Crippen molar-refractivity contribution < 1.29 is 13.2 Å². The summed E-state index contributed by atoms with van der Waals surface area (Å²) in [6.07, 6.45) is 3.57. The number of rotatable bonds is 6. The second-order valence-electron chi connectivity index (χ2n) is 7.29. The highest BCUT2D eigenvalue weighted by Gasteiger charge is 2.25. The van der Waals surface area contributed by atoms with Crippen molar-refractivity contribution in [3.63, 3.8) is 0 Å². The number of fused-ring (bicyclic) bond motifs is 1. The van der Waals surface area contributed by atoms with Gasteiger partial charge in [-0.15, -0.1) is 0 Å². The fourth-order valence-corrected chi connectivity index (χ4v) is 4.85. The molecular weight excluding hydrogens is 404 g/mol. The molecule has 1 aromatic carbocycles. The fraction of sp³-hybridized carbons (Fsp3) is 0.429. The molecule has 0 fully saturated rings. The summed E-state index contributed by atoms with van der Waals surface area (Å²) in [6, 6.07) is 6.85. The monoisotopic (exact) mass is 428 g/mol. The highest BCUT2D eigenvalue weighted by Crippen LogP contribution is 2.30. The minimum Gasteiger partial charge on any atom is -0.292 e. The number of aryl methyl sites for hydroxylation is 2. The molecule has 3 rings (SSSR count). The Hall–Kier alpha value is -2.99. The number of Topliss-reactive ketones (excluding diaryl/α,β-unsaturated/α-hetero) is 1. The summed E-state index contributed by atoms with van der Waals surface area (Å²) in [5.41, 5.74) is 2.48. The second-order valence-corrected chi connectivity index (χ2v) is 9.19. The molecule has 0 N–H and O–H groups in total. The number of carbonyl (C=O) groups is 1.